The summed E-state index contributed by atoms with van der Waals surface area (Å²) in [6.07, 6.45) is 0. The summed E-state index contributed by atoms with van der Waals surface area (Å²) in [6, 6.07) is 16.2. The van der Waals surface area contributed by atoms with Gasteiger partial charge in [0.25, 0.3) is 0 Å². The Hall–Kier alpha value is -2.33. The third kappa shape index (κ3) is 3.83. The van der Waals surface area contributed by atoms with Gasteiger partial charge in [-0.3, -0.25) is 0 Å². The number of nitrogens with one attached hydrogen (secondary N) is 2. The number of hydrogen-bond donors (Lipinski definition) is 3. The smallest absolute Gasteiger partial charge is 0.319 e. The number of rotatable bonds is 4. The van der Waals surface area contributed by atoms with E-state index in [1.807, 2.05) is 61.5 Å². The van der Waals surface area contributed by atoms with E-state index in [2.05, 4.69) is 10.6 Å². The maximum Gasteiger partial charge on any atom is 0.319 e. The molecule has 2 rings (SSSR count). The molecule has 0 fully saturated rings. The van der Waals surface area contributed by atoms with Crippen LogP contribution in [0.25, 0.3) is 0 Å². The number of amides is 2. The van der Waals surface area contributed by atoms with Crippen LogP contribution >= 0.6 is 0 Å². The lowest BCUT2D eigenvalue weighted by Gasteiger charge is -2.17. The largest absolute Gasteiger partial charge is 0.394 e. The molecule has 2 aromatic rings. The van der Waals surface area contributed by atoms with Crippen LogP contribution in [0.3, 0.4) is 0 Å². The van der Waals surface area contributed by atoms with E-state index >= 15 is 0 Å². The van der Waals surface area contributed by atoms with Crippen molar-refractivity contribution >= 4 is 11.7 Å². The zero-order valence-electron chi connectivity index (χ0n) is 11.3. The van der Waals surface area contributed by atoms with E-state index in [0.717, 1.165) is 16.8 Å². The Labute approximate surface area is 118 Å². The fourth-order valence-corrected chi connectivity index (χ4v) is 1.97. The van der Waals surface area contributed by atoms with Crippen molar-refractivity contribution in [3.05, 3.63) is 65.7 Å². The number of aryl methyl sites for hydroxylation is 1. The molecule has 4 nitrogen and oxygen atoms in total. The molecule has 0 aromatic heterocycles. The highest BCUT2D eigenvalue weighted by molar-refractivity contribution is 5.89. The summed E-state index contributed by atoms with van der Waals surface area (Å²) in [5, 5.41) is 14.9. The first-order chi connectivity index (χ1) is 9.69. The molecule has 0 radical (unpaired) electrons. The molecule has 2 amide bonds. The van der Waals surface area contributed by atoms with Crippen LogP contribution in [0.2, 0.25) is 0 Å². The average Bonchev–Trinajstić information content (AvgIpc) is 2.45. The van der Waals surface area contributed by atoms with E-state index in [-0.39, 0.29) is 12.6 Å². The van der Waals surface area contributed by atoms with Gasteiger partial charge < -0.3 is 15.7 Å². The molecule has 3 N–H and O–H groups in total. The van der Waals surface area contributed by atoms with Gasteiger partial charge in [0.15, 0.2) is 0 Å². The van der Waals surface area contributed by atoms with E-state index < -0.39 is 6.04 Å². The second kappa shape index (κ2) is 6.73. The lowest BCUT2D eigenvalue weighted by atomic mass is 10.1. The second-order valence-electron chi connectivity index (χ2n) is 4.61. The molecule has 1 atom stereocenters. The molecule has 0 spiro atoms. The summed E-state index contributed by atoms with van der Waals surface area (Å²) in [5.74, 6) is 0. The lowest BCUT2D eigenvalue weighted by Crippen LogP contribution is -2.34. The van der Waals surface area contributed by atoms with Crippen LogP contribution in [0.15, 0.2) is 54.6 Å². The minimum Gasteiger partial charge on any atom is -0.394 e. The molecule has 0 aliphatic heterocycles. The number of hydrogen-bond acceptors (Lipinski definition) is 2. The van der Waals surface area contributed by atoms with Crippen molar-refractivity contribution in [2.45, 2.75) is 13.0 Å². The number of carbonyl (C=O) groups excluding carboxylic acids is 1. The Morgan fingerprint density at radius 3 is 2.55 bits per heavy atom. The molecule has 0 aliphatic carbocycles. The van der Waals surface area contributed by atoms with E-state index in [0.29, 0.717) is 0 Å². The van der Waals surface area contributed by atoms with Gasteiger partial charge in [-0.2, -0.15) is 0 Å². The first-order valence-corrected chi connectivity index (χ1v) is 6.49. The van der Waals surface area contributed by atoms with E-state index in [1.54, 1.807) is 0 Å². The van der Waals surface area contributed by atoms with Gasteiger partial charge in [0.1, 0.15) is 0 Å². The first-order valence-electron chi connectivity index (χ1n) is 6.49. The fraction of sp³-hybridized carbons (Fsp3) is 0.188. The van der Waals surface area contributed by atoms with Gasteiger partial charge in [0.05, 0.1) is 12.6 Å². The molecule has 104 valence electrons. The molecule has 0 heterocycles. The maximum atomic E-state index is 11.9. The van der Waals surface area contributed by atoms with Crippen molar-refractivity contribution in [3.63, 3.8) is 0 Å². The quantitative estimate of drug-likeness (QED) is 0.800. The minimum absolute atomic E-state index is 0.148. The summed E-state index contributed by atoms with van der Waals surface area (Å²) in [7, 11) is 0. The molecule has 20 heavy (non-hydrogen) atoms. The Bertz CT molecular complexity index is 570. The predicted molar refractivity (Wildman–Crippen MR) is 79.6 cm³/mol. The van der Waals surface area contributed by atoms with Crippen LogP contribution in [0.4, 0.5) is 10.5 Å². The Kier molecular flexibility index (Phi) is 4.74. The summed E-state index contributed by atoms with van der Waals surface area (Å²) >= 11 is 0. The van der Waals surface area contributed by atoms with E-state index in [9.17, 15) is 9.90 Å². The fourth-order valence-electron chi connectivity index (χ4n) is 1.97. The normalized spacial score (nSPS) is 11.7. The Morgan fingerprint density at radius 2 is 1.90 bits per heavy atom. The van der Waals surface area contributed by atoms with Gasteiger partial charge in [-0.25, -0.2) is 4.79 Å². The minimum atomic E-state index is -0.416. The van der Waals surface area contributed by atoms with E-state index in [1.165, 1.54) is 0 Å². The molecule has 1 unspecified atom stereocenters. The SMILES string of the molecule is Cc1cccc(NC(=O)NC(CO)c2ccccc2)c1. The summed E-state index contributed by atoms with van der Waals surface area (Å²) in [4.78, 5) is 11.9. The summed E-state index contributed by atoms with van der Waals surface area (Å²) in [5.41, 5.74) is 2.67. The molecule has 0 saturated carbocycles. The average molecular weight is 270 g/mol. The summed E-state index contributed by atoms with van der Waals surface area (Å²) in [6.45, 7) is 1.81. The standard InChI is InChI=1S/C16H18N2O2/c1-12-6-5-9-14(10-12)17-16(20)18-15(11-19)13-7-3-2-4-8-13/h2-10,15,19H,11H2,1H3,(H2,17,18,20). The molecular formula is C16H18N2O2. The molecular weight excluding hydrogens is 252 g/mol. The first kappa shape index (κ1) is 14.1. The zero-order chi connectivity index (χ0) is 14.4. The topological polar surface area (TPSA) is 61.4 Å². The van der Waals surface area contributed by atoms with Crippen LogP contribution in [0, 0.1) is 6.92 Å². The van der Waals surface area contributed by atoms with Crippen molar-refractivity contribution in [2.24, 2.45) is 0 Å². The molecule has 2 aromatic carbocycles. The van der Waals surface area contributed by atoms with Gasteiger partial charge in [-0.05, 0) is 30.2 Å². The van der Waals surface area contributed by atoms with Crippen molar-refractivity contribution in [1.29, 1.82) is 0 Å². The zero-order valence-corrected chi connectivity index (χ0v) is 11.3. The number of anilines is 1. The monoisotopic (exact) mass is 270 g/mol. The molecule has 0 bridgehead atoms. The Morgan fingerprint density at radius 1 is 1.15 bits per heavy atom. The summed E-state index contributed by atoms with van der Waals surface area (Å²) < 4.78 is 0. The van der Waals surface area contributed by atoms with Gasteiger partial charge in [-0.15, -0.1) is 0 Å². The highest BCUT2D eigenvalue weighted by Gasteiger charge is 2.13. The van der Waals surface area contributed by atoms with Crippen LogP contribution in [-0.2, 0) is 0 Å². The lowest BCUT2D eigenvalue weighted by molar-refractivity contribution is 0.225. The third-order valence-corrected chi connectivity index (χ3v) is 2.97. The van der Waals surface area contributed by atoms with Crippen molar-refractivity contribution in [1.82, 2.24) is 5.32 Å². The number of carbonyl (C=O) groups is 1. The third-order valence-electron chi connectivity index (χ3n) is 2.97. The van der Waals surface area contributed by atoms with Crippen LogP contribution < -0.4 is 10.6 Å². The molecule has 0 aliphatic rings. The number of aliphatic hydroxyl groups is 1. The van der Waals surface area contributed by atoms with Crippen molar-refractivity contribution < 1.29 is 9.90 Å². The highest BCUT2D eigenvalue weighted by atomic mass is 16.3. The van der Waals surface area contributed by atoms with Gasteiger partial charge in [-0.1, -0.05) is 42.5 Å². The van der Waals surface area contributed by atoms with Gasteiger partial charge >= 0.3 is 6.03 Å². The van der Waals surface area contributed by atoms with Crippen molar-refractivity contribution in [3.8, 4) is 0 Å². The van der Waals surface area contributed by atoms with Crippen LogP contribution in [0.1, 0.15) is 17.2 Å². The highest BCUT2D eigenvalue weighted by Crippen LogP contribution is 2.13. The second-order valence-corrected chi connectivity index (χ2v) is 4.61. The van der Waals surface area contributed by atoms with Gasteiger partial charge in [0.2, 0.25) is 0 Å². The van der Waals surface area contributed by atoms with Crippen molar-refractivity contribution in [2.75, 3.05) is 11.9 Å². The van der Waals surface area contributed by atoms with Crippen LogP contribution in [-0.4, -0.2) is 17.7 Å². The van der Waals surface area contributed by atoms with E-state index in [4.69, 9.17) is 0 Å². The van der Waals surface area contributed by atoms with Crippen LogP contribution in [0.5, 0.6) is 0 Å². The number of urea groups is 1. The number of aliphatic hydroxyl groups excluding tert-OH is 1. The molecule has 0 saturated heterocycles. The Balaban J connectivity index is 2.00. The molecule has 4 heteroatoms. The maximum absolute atomic E-state index is 11.9. The predicted octanol–water partition coefficient (Wildman–Crippen LogP) is 2.85. The number of benzene rings is 2. The van der Waals surface area contributed by atoms with Gasteiger partial charge in [0, 0.05) is 5.69 Å².